The van der Waals surface area contributed by atoms with Crippen LogP contribution in [0.25, 0.3) is 0 Å². The molecule has 1 aliphatic rings. The summed E-state index contributed by atoms with van der Waals surface area (Å²) in [4.78, 5) is 6.68. The van der Waals surface area contributed by atoms with Crippen LogP contribution in [0, 0.1) is 11.8 Å². The Bertz CT molecular complexity index is 324. The highest BCUT2D eigenvalue weighted by atomic mass is 16.5. The van der Waals surface area contributed by atoms with Crippen molar-refractivity contribution < 1.29 is 14.2 Å². The van der Waals surface area contributed by atoms with E-state index >= 15 is 0 Å². The fraction of sp³-hybridized carbons (Fsp3) is 0.941. The lowest BCUT2D eigenvalue weighted by molar-refractivity contribution is 0.0536. The zero-order chi connectivity index (χ0) is 16.9. The van der Waals surface area contributed by atoms with Gasteiger partial charge in [0.05, 0.1) is 26.4 Å². The second kappa shape index (κ2) is 12.6. The fourth-order valence-electron chi connectivity index (χ4n) is 2.54. The van der Waals surface area contributed by atoms with E-state index in [-0.39, 0.29) is 0 Å². The van der Waals surface area contributed by atoms with E-state index in [2.05, 4.69) is 29.1 Å². The van der Waals surface area contributed by atoms with Gasteiger partial charge < -0.3 is 24.4 Å². The molecule has 136 valence electrons. The van der Waals surface area contributed by atoms with Crippen LogP contribution in [0.4, 0.5) is 0 Å². The summed E-state index contributed by atoms with van der Waals surface area (Å²) in [5.41, 5.74) is 0. The molecule has 0 aromatic rings. The molecular formula is C17H35N3O3. The summed E-state index contributed by atoms with van der Waals surface area (Å²) in [6.45, 7) is 11.0. The Hall–Kier alpha value is -0.850. The Morgan fingerprint density at radius 2 is 2.04 bits per heavy atom. The van der Waals surface area contributed by atoms with Crippen molar-refractivity contribution in [3.8, 4) is 0 Å². The largest absolute Gasteiger partial charge is 0.382 e. The van der Waals surface area contributed by atoms with Gasteiger partial charge in [-0.1, -0.05) is 13.8 Å². The summed E-state index contributed by atoms with van der Waals surface area (Å²) in [7, 11) is 3.53. The molecule has 0 radical (unpaired) electrons. The van der Waals surface area contributed by atoms with Gasteiger partial charge in [0.2, 0.25) is 0 Å². The number of aliphatic imine (C=N–C) groups is 1. The molecule has 0 saturated carbocycles. The summed E-state index contributed by atoms with van der Waals surface area (Å²) in [6.07, 6.45) is 2.27. The summed E-state index contributed by atoms with van der Waals surface area (Å²) < 4.78 is 16.3. The van der Waals surface area contributed by atoms with Gasteiger partial charge >= 0.3 is 0 Å². The second-order valence-electron chi connectivity index (χ2n) is 6.44. The molecule has 1 saturated heterocycles. The average Bonchev–Trinajstić information content (AvgIpc) is 2.99. The zero-order valence-corrected chi connectivity index (χ0v) is 15.3. The lowest BCUT2D eigenvalue weighted by atomic mass is 10.1. The molecule has 0 aromatic heterocycles. The molecule has 6 heteroatoms. The second-order valence-corrected chi connectivity index (χ2v) is 6.44. The van der Waals surface area contributed by atoms with Crippen LogP contribution >= 0.6 is 0 Å². The molecular weight excluding hydrogens is 294 g/mol. The molecule has 6 nitrogen and oxygen atoms in total. The first-order valence-electron chi connectivity index (χ1n) is 8.77. The molecule has 0 aromatic carbocycles. The minimum absolute atomic E-state index is 0.577. The van der Waals surface area contributed by atoms with E-state index in [0.29, 0.717) is 25.0 Å². The molecule has 0 amide bonds. The van der Waals surface area contributed by atoms with Gasteiger partial charge in [-0.3, -0.25) is 4.99 Å². The van der Waals surface area contributed by atoms with E-state index in [9.17, 15) is 0 Å². The molecule has 1 rings (SSSR count). The number of guanidine groups is 1. The zero-order valence-electron chi connectivity index (χ0n) is 15.3. The van der Waals surface area contributed by atoms with Gasteiger partial charge in [-0.25, -0.2) is 0 Å². The quantitative estimate of drug-likeness (QED) is 0.355. The smallest absolute Gasteiger partial charge is 0.193 e. The number of nitrogens with zero attached hydrogens (tertiary/aromatic N) is 2. The molecule has 1 N–H and O–H groups in total. The average molecular weight is 329 g/mol. The highest BCUT2D eigenvalue weighted by Gasteiger charge is 2.24. The molecule has 0 bridgehead atoms. The third-order valence-electron chi connectivity index (χ3n) is 3.95. The van der Waals surface area contributed by atoms with Crippen LogP contribution in [-0.2, 0) is 14.2 Å². The van der Waals surface area contributed by atoms with Crippen LogP contribution < -0.4 is 5.32 Å². The highest BCUT2D eigenvalue weighted by molar-refractivity contribution is 5.80. The first-order chi connectivity index (χ1) is 11.2. The highest BCUT2D eigenvalue weighted by Crippen LogP contribution is 2.16. The van der Waals surface area contributed by atoms with E-state index in [4.69, 9.17) is 14.2 Å². The maximum Gasteiger partial charge on any atom is 0.193 e. The lowest BCUT2D eigenvalue weighted by Crippen LogP contribution is -2.41. The predicted octanol–water partition coefficient (Wildman–Crippen LogP) is 1.61. The molecule has 1 aliphatic heterocycles. The SMILES string of the molecule is CN=C(NCCOCCC(C)C)N1CCC(COCCOC)C1. The maximum absolute atomic E-state index is 5.63. The Balaban J connectivity index is 2.13. The number of hydrogen-bond acceptors (Lipinski definition) is 4. The minimum Gasteiger partial charge on any atom is -0.382 e. The van der Waals surface area contributed by atoms with Gasteiger partial charge in [0, 0.05) is 46.3 Å². The van der Waals surface area contributed by atoms with Crippen molar-refractivity contribution in [2.75, 3.05) is 66.8 Å². The number of nitrogens with one attached hydrogen (secondary N) is 1. The van der Waals surface area contributed by atoms with Gasteiger partial charge in [-0.2, -0.15) is 0 Å². The molecule has 1 fully saturated rings. The first kappa shape index (κ1) is 20.2. The van der Waals surface area contributed by atoms with Crippen molar-refractivity contribution >= 4 is 5.96 Å². The standard InChI is InChI=1S/C17H35N3O3/c1-15(2)6-9-22-10-7-19-17(18-3)20-8-5-16(13-20)14-23-12-11-21-4/h15-16H,5-14H2,1-4H3,(H,18,19). The van der Waals surface area contributed by atoms with E-state index in [0.717, 1.165) is 58.3 Å². The van der Waals surface area contributed by atoms with E-state index < -0.39 is 0 Å². The Labute approximate surface area is 141 Å². The summed E-state index contributed by atoms with van der Waals surface area (Å²) in [5, 5.41) is 3.39. The van der Waals surface area contributed by atoms with Crippen molar-refractivity contribution in [1.29, 1.82) is 0 Å². The van der Waals surface area contributed by atoms with Gasteiger partial charge in [-0.15, -0.1) is 0 Å². The normalized spacial score (nSPS) is 18.9. The van der Waals surface area contributed by atoms with Crippen LogP contribution in [0.3, 0.4) is 0 Å². The van der Waals surface area contributed by atoms with Crippen molar-refractivity contribution in [2.45, 2.75) is 26.7 Å². The number of likely N-dealkylation sites (tertiary alicyclic amines) is 1. The van der Waals surface area contributed by atoms with Gasteiger partial charge in [0.1, 0.15) is 0 Å². The van der Waals surface area contributed by atoms with Crippen LogP contribution in [-0.4, -0.2) is 77.7 Å². The van der Waals surface area contributed by atoms with Crippen molar-refractivity contribution in [2.24, 2.45) is 16.8 Å². The first-order valence-corrected chi connectivity index (χ1v) is 8.77. The van der Waals surface area contributed by atoms with Crippen LogP contribution in [0.2, 0.25) is 0 Å². The summed E-state index contributed by atoms with van der Waals surface area (Å²) in [5.74, 6) is 2.24. The Morgan fingerprint density at radius 3 is 2.74 bits per heavy atom. The third-order valence-corrected chi connectivity index (χ3v) is 3.95. The van der Waals surface area contributed by atoms with Crippen LogP contribution in [0.5, 0.6) is 0 Å². The molecule has 1 atom stereocenters. The molecule has 0 spiro atoms. The minimum atomic E-state index is 0.577. The number of hydrogen-bond donors (Lipinski definition) is 1. The van der Waals surface area contributed by atoms with Crippen molar-refractivity contribution in [1.82, 2.24) is 10.2 Å². The predicted molar refractivity (Wildman–Crippen MR) is 94.0 cm³/mol. The fourth-order valence-corrected chi connectivity index (χ4v) is 2.54. The van der Waals surface area contributed by atoms with E-state index in [1.54, 1.807) is 7.11 Å². The van der Waals surface area contributed by atoms with E-state index in [1.807, 2.05) is 7.05 Å². The molecule has 0 aliphatic carbocycles. The van der Waals surface area contributed by atoms with Gasteiger partial charge in [0.25, 0.3) is 0 Å². The summed E-state index contributed by atoms with van der Waals surface area (Å²) >= 11 is 0. The van der Waals surface area contributed by atoms with Crippen molar-refractivity contribution in [3.05, 3.63) is 0 Å². The van der Waals surface area contributed by atoms with E-state index in [1.165, 1.54) is 0 Å². The summed E-state index contributed by atoms with van der Waals surface area (Å²) in [6, 6.07) is 0. The third kappa shape index (κ3) is 9.13. The maximum atomic E-state index is 5.63. The monoisotopic (exact) mass is 329 g/mol. The number of methoxy groups -OCH3 is 1. The molecule has 1 heterocycles. The van der Waals surface area contributed by atoms with Gasteiger partial charge in [0.15, 0.2) is 5.96 Å². The lowest BCUT2D eigenvalue weighted by Gasteiger charge is -2.21. The number of rotatable bonds is 11. The van der Waals surface area contributed by atoms with Crippen LogP contribution in [0.1, 0.15) is 26.7 Å². The molecule has 1 unspecified atom stereocenters. The molecule has 23 heavy (non-hydrogen) atoms. The van der Waals surface area contributed by atoms with Crippen LogP contribution in [0.15, 0.2) is 4.99 Å². The Kier molecular flexibility index (Phi) is 11.0. The van der Waals surface area contributed by atoms with Gasteiger partial charge in [-0.05, 0) is 18.8 Å². The number of ether oxygens (including phenoxy) is 3. The topological polar surface area (TPSA) is 55.3 Å². The Morgan fingerprint density at radius 1 is 1.22 bits per heavy atom. The van der Waals surface area contributed by atoms with Crippen molar-refractivity contribution in [3.63, 3.8) is 0 Å².